The molecule has 0 saturated carbocycles. The molecule has 0 aliphatic rings. The van der Waals surface area contributed by atoms with Crippen molar-refractivity contribution in [3.8, 4) is 0 Å². The summed E-state index contributed by atoms with van der Waals surface area (Å²) in [5.74, 6) is -1.02. The molecule has 0 spiro atoms. The van der Waals surface area contributed by atoms with Gasteiger partial charge in [0.1, 0.15) is 12.2 Å². The topological polar surface area (TPSA) is 149 Å². The van der Waals surface area contributed by atoms with Gasteiger partial charge in [-0.2, -0.15) is 0 Å². The fourth-order valence-corrected chi connectivity index (χ4v) is 6.73. The Bertz CT molecular complexity index is 884. The van der Waals surface area contributed by atoms with Crippen LogP contribution in [0.25, 0.3) is 0 Å². The van der Waals surface area contributed by atoms with Gasteiger partial charge >= 0.3 is 19.8 Å². The molecule has 0 aromatic rings. The predicted octanol–water partition coefficient (Wildman–Crippen LogP) is 10.8. The number of esters is 2. The highest BCUT2D eigenvalue weighted by Gasteiger charge is 2.27. The van der Waals surface area contributed by atoms with Crippen LogP contribution < -0.4 is 0 Å². The Balaban J connectivity index is 3.86. The average molecular weight is 763 g/mol. The molecule has 3 N–H and O–H groups in total. The first-order valence-corrected chi connectivity index (χ1v) is 22.6. The molecule has 0 rings (SSSR count). The molecule has 308 valence electrons. The van der Waals surface area contributed by atoms with Crippen molar-refractivity contribution in [2.24, 2.45) is 0 Å². The Morgan fingerprint density at radius 1 is 0.500 bits per heavy atom. The number of aliphatic hydroxyl groups is 2. The van der Waals surface area contributed by atoms with Gasteiger partial charge in [0, 0.05) is 12.8 Å². The number of ether oxygens (including phenoxy) is 2. The molecular weight excluding hydrogens is 683 g/mol. The predicted molar refractivity (Wildman–Crippen MR) is 210 cm³/mol. The third-order valence-electron chi connectivity index (χ3n) is 9.21. The minimum absolute atomic E-state index is 0.184. The third kappa shape index (κ3) is 35.7. The summed E-state index contributed by atoms with van der Waals surface area (Å²) in [4.78, 5) is 34.4. The second-order valence-corrected chi connectivity index (χ2v) is 15.8. The van der Waals surface area contributed by atoms with Gasteiger partial charge in [-0.3, -0.25) is 18.6 Å². The minimum atomic E-state index is -4.63. The zero-order valence-electron chi connectivity index (χ0n) is 33.3. The van der Waals surface area contributed by atoms with E-state index in [1.54, 1.807) is 0 Å². The smallest absolute Gasteiger partial charge is 0.457 e. The Morgan fingerprint density at radius 2 is 0.827 bits per heavy atom. The van der Waals surface area contributed by atoms with Gasteiger partial charge in [0.2, 0.25) is 0 Å². The van der Waals surface area contributed by atoms with E-state index in [9.17, 15) is 29.3 Å². The van der Waals surface area contributed by atoms with Crippen molar-refractivity contribution >= 4 is 19.8 Å². The van der Waals surface area contributed by atoms with Gasteiger partial charge in [-0.05, 0) is 32.1 Å². The Morgan fingerprint density at radius 3 is 1.17 bits per heavy atom. The molecular formula is C41H79O10P. The molecule has 0 amide bonds. The van der Waals surface area contributed by atoms with Crippen LogP contribution in [-0.2, 0) is 32.7 Å². The fourth-order valence-electron chi connectivity index (χ4n) is 5.94. The second-order valence-electron chi connectivity index (χ2n) is 14.3. The summed E-state index contributed by atoms with van der Waals surface area (Å²) in [5.41, 5.74) is 0. The molecule has 0 aromatic carbocycles. The number of unbranched alkanes of at least 4 members (excludes halogenated alkanes) is 24. The average Bonchev–Trinajstić information content (AvgIpc) is 3.13. The summed E-state index contributed by atoms with van der Waals surface area (Å²) in [5, 5.41) is 19.1. The molecule has 10 nitrogen and oxygen atoms in total. The maximum atomic E-state index is 12.3. The van der Waals surface area contributed by atoms with Crippen LogP contribution in [0.3, 0.4) is 0 Å². The normalized spacial score (nSPS) is 14.0. The Kier molecular flexibility index (Phi) is 37.1. The largest absolute Gasteiger partial charge is 0.472 e. The lowest BCUT2D eigenvalue weighted by atomic mass is 10.0. The first-order chi connectivity index (χ1) is 25.3. The lowest BCUT2D eigenvalue weighted by Gasteiger charge is -2.20. The molecule has 0 aliphatic carbocycles. The van der Waals surface area contributed by atoms with E-state index in [1.165, 1.54) is 96.3 Å². The van der Waals surface area contributed by atoms with Gasteiger partial charge in [-0.1, -0.05) is 167 Å². The van der Waals surface area contributed by atoms with Crippen LogP contribution in [0.4, 0.5) is 0 Å². The lowest BCUT2D eigenvalue weighted by Crippen LogP contribution is -2.28. The molecule has 0 radical (unpaired) electrons. The highest BCUT2D eigenvalue weighted by Crippen LogP contribution is 2.43. The van der Waals surface area contributed by atoms with Gasteiger partial charge in [-0.15, -0.1) is 0 Å². The van der Waals surface area contributed by atoms with Crippen molar-refractivity contribution in [1.82, 2.24) is 0 Å². The maximum Gasteiger partial charge on any atom is 0.472 e. The number of carbonyl (C=O) groups excluding carboxylic acids is 2. The van der Waals surface area contributed by atoms with Gasteiger partial charge in [0.25, 0.3) is 0 Å². The highest BCUT2D eigenvalue weighted by molar-refractivity contribution is 7.47. The quantitative estimate of drug-likeness (QED) is 0.0238. The highest BCUT2D eigenvalue weighted by atomic mass is 31.2. The van der Waals surface area contributed by atoms with Gasteiger partial charge < -0.3 is 24.6 Å². The van der Waals surface area contributed by atoms with Crippen molar-refractivity contribution in [3.05, 3.63) is 12.2 Å². The van der Waals surface area contributed by atoms with Crippen molar-refractivity contribution in [2.75, 3.05) is 26.4 Å². The standard InChI is InChI=1S/C41H79O10P/c1-3-5-7-9-11-13-15-16-17-18-19-20-21-22-23-25-27-29-31-33-41(45)51-39(35-43)37-49-52(46,47)48-36-38(34-42)50-40(44)32-30-28-26-24-14-12-10-8-6-4-2/h8,10,38-39,42-43H,3-7,9,11-37H2,1-2H3,(H,46,47)/b10-8-. The minimum Gasteiger partial charge on any atom is -0.457 e. The van der Waals surface area contributed by atoms with E-state index in [0.29, 0.717) is 12.8 Å². The van der Waals surface area contributed by atoms with E-state index < -0.39 is 58.4 Å². The molecule has 0 fully saturated rings. The van der Waals surface area contributed by atoms with Crippen molar-refractivity contribution in [2.45, 2.75) is 212 Å². The molecule has 0 aliphatic heterocycles. The molecule has 0 aromatic heterocycles. The second kappa shape index (κ2) is 38.0. The maximum absolute atomic E-state index is 12.3. The number of hydrogen-bond acceptors (Lipinski definition) is 9. The van der Waals surface area contributed by atoms with E-state index in [0.717, 1.165) is 64.2 Å². The third-order valence-corrected chi connectivity index (χ3v) is 10.2. The molecule has 52 heavy (non-hydrogen) atoms. The zero-order valence-corrected chi connectivity index (χ0v) is 34.2. The van der Waals surface area contributed by atoms with Gasteiger partial charge in [0.05, 0.1) is 26.4 Å². The number of rotatable bonds is 40. The molecule has 11 heteroatoms. The number of hydrogen-bond donors (Lipinski definition) is 3. The summed E-state index contributed by atoms with van der Waals surface area (Å²) in [6, 6.07) is 0. The van der Waals surface area contributed by atoms with E-state index in [2.05, 4.69) is 26.0 Å². The van der Waals surface area contributed by atoms with Crippen molar-refractivity contribution in [1.29, 1.82) is 0 Å². The van der Waals surface area contributed by atoms with Gasteiger partial charge in [0.15, 0.2) is 0 Å². The van der Waals surface area contributed by atoms with E-state index in [4.69, 9.17) is 18.5 Å². The van der Waals surface area contributed by atoms with E-state index >= 15 is 0 Å². The molecule has 0 heterocycles. The van der Waals surface area contributed by atoms with Crippen LogP contribution in [-0.4, -0.2) is 65.7 Å². The molecule has 3 unspecified atom stereocenters. The van der Waals surface area contributed by atoms with Crippen LogP contribution in [0.1, 0.15) is 200 Å². The number of carbonyl (C=O) groups is 2. The number of phosphoric acid groups is 1. The first kappa shape index (κ1) is 50.7. The van der Waals surface area contributed by atoms with Crippen molar-refractivity contribution in [3.63, 3.8) is 0 Å². The SMILES string of the molecule is CCC/C=C\CCCCCCCC(=O)OC(CO)COP(=O)(O)OCC(CO)OC(=O)CCCCCCCCCCCCCCCCCCCCC. The first-order valence-electron chi connectivity index (χ1n) is 21.1. The summed E-state index contributed by atoms with van der Waals surface area (Å²) in [7, 11) is -4.63. The van der Waals surface area contributed by atoms with E-state index in [1.807, 2.05) is 0 Å². The lowest BCUT2D eigenvalue weighted by molar-refractivity contribution is -0.153. The van der Waals surface area contributed by atoms with Crippen LogP contribution in [0.5, 0.6) is 0 Å². The van der Waals surface area contributed by atoms with Crippen LogP contribution in [0.2, 0.25) is 0 Å². The van der Waals surface area contributed by atoms with Gasteiger partial charge in [-0.25, -0.2) is 4.57 Å². The van der Waals surface area contributed by atoms with Crippen LogP contribution in [0, 0.1) is 0 Å². The fraction of sp³-hybridized carbons (Fsp3) is 0.902. The molecule has 0 bridgehead atoms. The summed E-state index contributed by atoms with van der Waals surface area (Å²) >= 11 is 0. The van der Waals surface area contributed by atoms with Crippen LogP contribution >= 0.6 is 7.82 Å². The zero-order chi connectivity index (χ0) is 38.4. The summed E-state index contributed by atoms with van der Waals surface area (Å²) in [6.45, 7) is 2.15. The monoisotopic (exact) mass is 763 g/mol. The summed E-state index contributed by atoms with van der Waals surface area (Å²) in [6.07, 6.45) is 34.8. The summed E-state index contributed by atoms with van der Waals surface area (Å²) < 4.78 is 32.5. The molecule has 3 atom stereocenters. The Labute approximate surface area is 317 Å². The van der Waals surface area contributed by atoms with E-state index in [-0.39, 0.29) is 12.8 Å². The number of aliphatic hydroxyl groups excluding tert-OH is 2. The van der Waals surface area contributed by atoms with Crippen molar-refractivity contribution < 1.29 is 47.8 Å². The number of allylic oxidation sites excluding steroid dienone is 2. The molecule has 0 saturated heterocycles. The Hall–Kier alpha value is -1.29. The number of phosphoric ester groups is 1. The van der Waals surface area contributed by atoms with Crippen LogP contribution in [0.15, 0.2) is 12.2 Å².